The third kappa shape index (κ3) is 7.16. The van der Waals surface area contributed by atoms with Crippen LogP contribution in [0.15, 0.2) is 138 Å². The molecular formula is C44H36IrN2O-2. The SMILES string of the molecule is Cc1c[c-]c(-c2ccc(CC(C)(C)C)cn2)cc1.[Ir].[c-]1ccc(-c2cccc3c2ccc2oc4ccccc4c23)cc1-c1ccccn1. The Bertz CT molecular complexity index is 2300. The summed E-state index contributed by atoms with van der Waals surface area (Å²) in [6.07, 6.45) is 4.85. The summed E-state index contributed by atoms with van der Waals surface area (Å²) in [4.78, 5) is 9.00. The van der Waals surface area contributed by atoms with Gasteiger partial charge in [0.1, 0.15) is 11.2 Å². The third-order valence-corrected chi connectivity index (χ3v) is 8.26. The van der Waals surface area contributed by atoms with E-state index in [9.17, 15) is 0 Å². The van der Waals surface area contributed by atoms with Crippen LogP contribution in [-0.4, -0.2) is 9.97 Å². The molecule has 0 N–H and O–H groups in total. The number of pyridine rings is 2. The van der Waals surface area contributed by atoms with Crippen molar-refractivity contribution in [2.24, 2.45) is 5.41 Å². The summed E-state index contributed by atoms with van der Waals surface area (Å²) in [6, 6.07) is 48.1. The number of aromatic nitrogens is 2. The van der Waals surface area contributed by atoms with Gasteiger partial charge in [0.2, 0.25) is 0 Å². The van der Waals surface area contributed by atoms with Gasteiger partial charge in [0.15, 0.2) is 0 Å². The van der Waals surface area contributed by atoms with E-state index in [0.717, 1.165) is 51.1 Å². The average Bonchev–Trinajstić information content (AvgIpc) is 3.48. The molecule has 0 aliphatic heterocycles. The van der Waals surface area contributed by atoms with Crippen LogP contribution in [0.5, 0.6) is 0 Å². The molecule has 3 heterocycles. The molecule has 0 spiro atoms. The molecule has 0 aliphatic rings. The minimum atomic E-state index is 0. The Labute approximate surface area is 296 Å². The van der Waals surface area contributed by atoms with Crippen molar-refractivity contribution in [3.05, 3.63) is 157 Å². The van der Waals surface area contributed by atoms with E-state index in [1.807, 2.05) is 54.9 Å². The maximum absolute atomic E-state index is 6.07. The number of benzene rings is 5. The molecule has 0 saturated heterocycles. The number of aryl methyl sites for hydroxylation is 1. The number of hydrogen-bond donors (Lipinski definition) is 0. The number of nitrogens with zero attached hydrogens (tertiary/aromatic N) is 2. The fourth-order valence-corrected chi connectivity index (χ4v) is 6.10. The first kappa shape index (κ1) is 33.0. The Hall–Kier alpha value is -4.89. The van der Waals surface area contributed by atoms with Gasteiger partial charge in [-0.15, -0.1) is 70.8 Å². The molecule has 0 fully saturated rings. The van der Waals surface area contributed by atoms with Gasteiger partial charge in [-0.1, -0.05) is 94.4 Å². The van der Waals surface area contributed by atoms with Crippen LogP contribution >= 0.6 is 0 Å². The predicted molar refractivity (Wildman–Crippen MR) is 195 cm³/mol. The number of hydrogen-bond acceptors (Lipinski definition) is 3. The fraction of sp³-hybridized carbons (Fsp3) is 0.136. The molecule has 8 rings (SSSR count). The van der Waals surface area contributed by atoms with Crippen molar-refractivity contribution >= 4 is 32.7 Å². The predicted octanol–water partition coefficient (Wildman–Crippen LogP) is 11.7. The van der Waals surface area contributed by atoms with Gasteiger partial charge in [-0.05, 0) is 63.3 Å². The molecule has 4 heteroatoms. The number of para-hydroxylation sites is 1. The first-order valence-electron chi connectivity index (χ1n) is 16.0. The first-order chi connectivity index (χ1) is 22.8. The van der Waals surface area contributed by atoms with Crippen LogP contribution in [0.25, 0.3) is 66.4 Å². The van der Waals surface area contributed by atoms with Crippen LogP contribution < -0.4 is 0 Å². The topological polar surface area (TPSA) is 38.9 Å². The van der Waals surface area contributed by atoms with Crippen LogP contribution in [0.2, 0.25) is 0 Å². The zero-order valence-corrected chi connectivity index (χ0v) is 29.9. The van der Waals surface area contributed by atoms with E-state index in [-0.39, 0.29) is 20.1 Å². The molecule has 0 atom stereocenters. The van der Waals surface area contributed by atoms with E-state index in [2.05, 4.69) is 129 Å². The van der Waals surface area contributed by atoms with Gasteiger partial charge in [-0.3, -0.25) is 0 Å². The summed E-state index contributed by atoms with van der Waals surface area (Å²) in [5, 5.41) is 4.75. The minimum Gasteiger partial charge on any atom is -0.456 e. The summed E-state index contributed by atoms with van der Waals surface area (Å²) in [7, 11) is 0. The molecule has 3 nitrogen and oxygen atoms in total. The molecule has 0 aliphatic carbocycles. The van der Waals surface area contributed by atoms with Gasteiger partial charge in [0.05, 0.1) is 0 Å². The second kappa shape index (κ2) is 14.1. The molecular weight excluding hydrogens is 765 g/mol. The molecule has 0 amide bonds. The molecule has 0 saturated carbocycles. The van der Waals surface area contributed by atoms with Gasteiger partial charge in [0, 0.05) is 43.3 Å². The van der Waals surface area contributed by atoms with Crippen LogP contribution in [0.3, 0.4) is 0 Å². The van der Waals surface area contributed by atoms with E-state index in [1.54, 1.807) is 0 Å². The van der Waals surface area contributed by atoms with Gasteiger partial charge < -0.3 is 14.4 Å². The summed E-state index contributed by atoms with van der Waals surface area (Å²) in [6.45, 7) is 8.80. The van der Waals surface area contributed by atoms with Gasteiger partial charge in [0.25, 0.3) is 0 Å². The Morgan fingerprint density at radius 1 is 0.667 bits per heavy atom. The smallest absolute Gasteiger partial charge is 0.136 e. The Morgan fingerprint density at radius 2 is 1.48 bits per heavy atom. The van der Waals surface area contributed by atoms with Crippen molar-refractivity contribution in [1.29, 1.82) is 0 Å². The van der Waals surface area contributed by atoms with E-state index in [0.29, 0.717) is 5.41 Å². The van der Waals surface area contributed by atoms with Crippen molar-refractivity contribution in [2.75, 3.05) is 0 Å². The monoisotopic (exact) mass is 801 g/mol. The van der Waals surface area contributed by atoms with Crippen LogP contribution in [0, 0.1) is 24.5 Å². The zero-order chi connectivity index (χ0) is 32.4. The van der Waals surface area contributed by atoms with Crippen molar-refractivity contribution in [3.8, 4) is 33.6 Å². The van der Waals surface area contributed by atoms with Crippen molar-refractivity contribution < 1.29 is 24.5 Å². The standard InChI is InChI=1S/C27H16NO.C17H20N.Ir/c1-2-13-25-23(9-1)27-22-11-6-10-20(21(22)14-15-26(27)29-25)18-7-5-8-19(17-18)24-12-3-4-16-28-24;1-13-5-8-15(9-6-13)16-10-7-14(12-18-16)11-17(2,3)4;/h1-7,9-17H;5-8,10,12H,11H2,1-4H3;/q2*-1;. The number of furan rings is 1. The molecule has 239 valence electrons. The zero-order valence-electron chi connectivity index (χ0n) is 27.5. The first-order valence-corrected chi connectivity index (χ1v) is 16.0. The molecule has 48 heavy (non-hydrogen) atoms. The molecule has 1 radical (unpaired) electrons. The molecule has 0 unspecified atom stereocenters. The Morgan fingerprint density at radius 3 is 2.23 bits per heavy atom. The summed E-state index contributed by atoms with van der Waals surface area (Å²) < 4.78 is 6.07. The van der Waals surface area contributed by atoms with Gasteiger partial charge >= 0.3 is 0 Å². The van der Waals surface area contributed by atoms with Crippen molar-refractivity contribution in [1.82, 2.24) is 9.97 Å². The van der Waals surface area contributed by atoms with E-state index in [4.69, 9.17) is 4.42 Å². The quantitative estimate of drug-likeness (QED) is 0.166. The van der Waals surface area contributed by atoms with Crippen LogP contribution in [-0.2, 0) is 26.5 Å². The summed E-state index contributed by atoms with van der Waals surface area (Å²) >= 11 is 0. The third-order valence-electron chi connectivity index (χ3n) is 8.26. The Kier molecular flexibility index (Phi) is 9.68. The normalized spacial score (nSPS) is 11.2. The maximum Gasteiger partial charge on any atom is 0.136 e. The Balaban J connectivity index is 0.000000183. The maximum atomic E-state index is 6.07. The average molecular weight is 801 g/mol. The fourth-order valence-electron chi connectivity index (χ4n) is 6.10. The second-order valence-corrected chi connectivity index (χ2v) is 13.2. The van der Waals surface area contributed by atoms with Crippen molar-refractivity contribution in [3.63, 3.8) is 0 Å². The van der Waals surface area contributed by atoms with Crippen LogP contribution in [0.1, 0.15) is 31.9 Å². The molecule has 8 aromatic rings. The summed E-state index contributed by atoms with van der Waals surface area (Å²) in [5.74, 6) is 0. The number of fused-ring (bicyclic) bond motifs is 5. The second-order valence-electron chi connectivity index (χ2n) is 13.2. The molecule has 5 aromatic carbocycles. The van der Waals surface area contributed by atoms with Gasteiger partial charge in [-0.25, -0.2) is 0 Å². The molecule has 3 aromatic heterocycles. The van der Waals surface area contributed by atoms with E-state index in [1.165, 1.54) is 32.8 Å². The van der Waals surface area contributed by atoms with E-state index >= 15 is 0 Å². The molecule has 0 bridgehead atoms. The van der Waals surface area contributed by atoms with Crippen molar-refractivity contribution in [2.45, 2.75) is 34.1 Å². The minimum absolute atomic E-state index is 0. The summed E-state index contributed by atoms with van der Waals surface area (Å²) in [5.41, 5.74) is 11.0. The number of rotatable bonds is 4. The van der Waals surface area contributed by atoms with Crippen LogP contribution in [0.4, 0.5) is 0 Å². The largest absolute Gasteiger partial charge is 0.456 e. The van der Waals surface area contributed by atoms with Gasteiger partial charge in [-0.2, -0.15) is 0 Å². The van der Waals surface area contributed by atoms with E-state index < -0.39 is 0 Å².